The summed E-state index contributed by atoms with van der Waals surface area (Å²) in [5.41, 5.74) is 5.54. The van der Waals surface area contributed by atoms with Gasteiger partial charge in [0.05, 0.1) is 11.6 Å². The smallest absolute Gasteiger partial charge is 0.177 e. The molecule has 1 rings (SSSR count). The van der Waals surface area contributed by atoms with Crippen LogP contribution in [0.25, 0.3) is 0 Å². The lowest BCUT2D eigenvalue weighted by Crippen LogP contribution is -2.02. The summed E-state index contributed by atoms with van der Waals surface area (Å²) in [5.74, 6) is -0.907. The number of Topliss-reactive ketones (excluding diaryl/α,β-unsaturated/α-hetero) is 1. The molecule has 0 aromatic heterocycles. The van der Waals surface area contributed by atoms with Gasteiger partial charge in [-0.3, -0.25) is 4.79 Å². The fourth-order valence-corrected chi connectivity index (χ4v) is 0.949. The van der Waals surface area contributed by atoms with E-state index in [1.165, 1.54) is 12.1 Å². The van der Waals surface area contributed by atoms with Crippen molar-refractivity contribution in [3.63, 3.8) is 0 Å². The van der Waals surface area contributed by atoms with Gasteiger partial charge in [-0.1, -0.05) is 0 Å². The van der Waals surface area contributed by atoms with Crippen LogP contribution >= 0.6 is 11.6 Å². The summed E-state index contributed by atoms with van der Waals surface area (Å²) in [7, 11) is 0. The van der Waals surface area contributed by atoms with Crippen LogP contribution in [0.2, 0.25) is 0 Å². The number of carbonyl (C=O) groups is 1. The van der Waals surface area contributed by atoms with Gasteiger partial charge in [0.15, 0.2) is 5.78 Å². The quantitative estimate of drug-likeness (QED) is 0.436. The summed E-state index contributed by atoms with van der Waals surface area (Å²) in [5, 5.41) is 0. The van der Waals surface area contributed by atoms with Crippen LogP contribution in [0.3, 0.4) is 0 Å². The summed E-state index contributed by atoms with van der Waals surface area (Å²) in [6.45, 7) is 0. The normalized spacial score (nSPS) is 9.83. The zero-order valence-corrected chi connectivity index (χ0v) is 6.94. The van der Waals surface area contributed by atoms with Crippen molar-refractivity contribution in [3.05, 3.63) is 29.6 Å². The highest BCUT2D eigenvalue weighted by Gasteiger charge is 2.05. The van der Waals surface area contributed by atoms with Crippen molar-refractivity contribution in [2.24, 2.45) is 0 Å². The standard InChI is InChI=1S/C8H7ClFNO/c9-4-8(12)5-1-2-6(10)7(11)3-5/h1-3H,4,11H2. The Morgan fingerprint density at radius 1 is 1.58 bits per heavy atom. The minimum atomic E-state index is -0.527. The maximum atomic E-state index is 12.6. The van der Waals surface area contributed by atoms with Gasteiger partial charge >= 0.3 is 0 Å². The van der Waals surface area contributed by atoms with E-state index in [2.05, 4.69) is 0 Å². The minimum absolute atomic E-state index is 0.0361. The number of nitrogen functional groups attached to an aromatic ring is 1. The lowest BCUT2D eigenvalue weighted by atomic mass is 10.1. The van der Waals surface area contributed by atoms with Crippen LogP contribution in [-0.4, -0.2) is 11.7 Å². The van der Waals surface area contributed by atoms with Crippen molar-refractivity contribution in [1.29, 1.82) is 0 Å². The minimum Gasteiger partial charge on any atom is -0.396 e. The monoisotopic (exact) mass is 187 g/mol. The molecule has 4 heteroatoms. The molecular formula is C8H7ClFNO. The Bertz CT molecular complexity index is 314. The number of carbonyl (C=O) groups excluding carboxylic acids is 1. The molecule has 0 radical (unpaired) electrons. The fourth-order valence-electron chi connectivity index (χ4n) is 0.794. The molecule has 12 heavy (non-hydrogen) atoms. The summed E-state index contributed by atoms with van der Waals surface area (Å²) in [4.78, 5) is 11.0. The maximum Gasteiger partial charge on any atom is 0.177 e. The number of ketones is 1. The molecule has 1 aromatic rings. The van der Waals surface area contributed by atoms with Gasteiger partial charge in [-0.2, -0.15) is 0 Å². The van der Waals surface area contributed by atoms with Crippen LogP contribution in [-0.2, 0) is 0 Å². The number of rotatable bonds is 2. The average Bonchev–Trinajstić information content (AvgIpc) is 2.08. The highest BCUT2D eigenvalue weighted by atomic mass is 35.5. The Kier molecular flexibility index (Phi) is 2.65. The van der Waals surface area contributed by atoms with E-state index in [9.17, 15) is 9.18 Å². The lowest BCUT2D eigenvalue weighted by molar-refractivity contribution is 0.102. The molecule has 0 unspecified atom stereocenters. The number of hydrogen-bond acceptors (Lipinski definition) is 2. The third-order valence-corrected chi connectivity index (χ3v) is 1.68. The second-order valence-electron chi connectivity index (χ2n) is 2.29. The Morgan fingerprint density at radius 3 is 2.75 bits per heavy atom. The molecule has 0 amide bonds. The molecule has 64 valence electrons. The van der Waals surface area contributed by atoms with E-state index >= 15 is 0 Å². The molecular weight excluding hydrogens is 181 g/mol. The highest BCUT2D eigenvalue weighted by molar-refractivity contribution is 6.30. The predicted octanol–water partition coefficient (Wildman–Crippen LogP) is 1.83. The summed E-state index contributed by atoms with van der Waals surface area (Å²) in [6, 6.07) is 3.78. The van der Waals surface area contributed by atoms with Gasteiger partial charge < -0.3 is 5.73 Å². The van der Waals surface area contributed by atoms with Crippen molar-refractivity contribution < 1.29 is 9.18 Å². The Morgan fingerprint density at radius 2 is 2.25 bits per heavy atom. The lowest BCUT2D eigenvalue weighted by Gasteiger charge is -1.99. The predicted molar refractivity (Wildman–Crippen MR) is 45.9 cm³/mol. The molecule has 2 N–H and O–H groups in total. The molecule has 0 fully saturated rings. The molecule has 0 saturated carbocycles. The first kappa shape index (κ1) is 9.00. The molecule has 0 aliphatic heterocycles. The third kappa shape index (κ3) is 1.74. The molecule has 0 aliphatic carbocycles. The number of nitrogens with two attached hydrogens (primary N) is 1. The molecule has 0 spiro atoms. The van der Waals surface area contributed by atoms with Crippen LogP contribution < -0.4 is 5.73 Å². The van der Waals surface area contributed by atoms with Gasteiger partial charge in [0, 0.05) is 5.56 Å². The Balaban J connectivity index is 3.05. The first-order valence-corrected chi connectivity index (χ1v) is 3.83. The molecule has 0 bridgehead atoms. The van der Waals surface area contributed by atoms with Crippen LogP contribution in [0.15, 0.2) is 18.2 Å². The van der Waals surface area contributed by atoms with E-state index < -0.39 is 5.82 Å². The van der Waals surface area contributed by atoms with Crippen molar-refractivity contribution in [3.8, 4) is 0 Å². The van der Waals surface area contributed by atoms with E-state index in [1.54, 1.807) is 0 Å². The van der Waals surface area contributed by atoms with Crippen LogP contribution in [0.5, 0.6) is 0 Å². The molecule has 2 nitrogen and oxygen atoms in total. The largest absolute Gasteiger partial charge is 0.396 e. The Labute approximate surface area is 74.1 Å². The molecule has 0 aliphatic rings. The average molecular weight is 188 g/mol. The maximum absolute atomic E-state index is 12.6. The van der Waals surface area contributed by atoms with Crippen molar-refractivity contribution in [2.75, 3.05) is 11.6 Å². The van der Waals surface area contributed by atoms with E-state index in [1.807, 2.05) is 0 Å². The van der Waals surface area contributed by atoms with E-state index in [0.29, 0.717) is 5.56 Å². The van der Waals surface area contributed by atoms with Gasteiger partial charge in [-0.15, -0.1) is 11.6 Å². The van der Waals surface area contributed by atoms with Crippen molar-refractivity contribution in [2.45, 2.75) is 0 Å². The summed E-state index contributed by atoms with van der Waals surface area (Å²) in [6.07, 6.45) is 0. The zero-order valence-electron chi connectivity index (χ0n) is 6.18. The highest BCUT2D eigenvalue weighted by Crippen LogP contribution is 2.12. The summed E-state index contributed by atoms with van der Waals surface area (Å²) >= 11 is 5.29. The van der Waals surface area contributed by atoms with Gasteiger partial charge in [0.2, 0.25) is 0 Å². The molecule has 0 heterocycles. The molecule has 0 atom stereocenters. The van der Waals surface area contributed by atoms with Crippen LogP contribution in [0.1, 0.15) is 10.4 Å². The van der Waals surface area contributed by atoms with Crippen LogP contribution in [0, 0.1) is 5.82 Å². The molecule has 1 aromatic carbocycles. The van der Waals surface area contributed by atoms with Crippen molar-refractivity contribution in [1.82, 2.24) is 0 Å². The SMILES string of the molecule is Nc1cc(C(=O)CCl)ccc1F. The van der Waals surface area contributed by atoms with Crippen molar-refractivity contribution >= 4 is 23.1 Å². The first-order chi connectivity index (χ1) is 5.65. The number of alkyl halides is 1. The van der Waals surface area contributed by atoms with E-state index in [0.717, 1.165) is 6.07 Å². The number of anilines is 1. The van der Waals surface area contributed by atoms with E-state index in [4.69, 9.17) is 17.3 Å². The second kappa shape index (κ2) is 3.54. The second-order valence-corrected chi connectivity index (χ2v) is 2.56. The van der Waals surface area contributed by atoms with Gasteiger partial charge in [-0.25, -0.2) is 4.39 Å². The number of halogens is 2. The third-order valence-electron chi connectivity index (χ3n) is 1.44. The van der Waals surface area contributed by atoms with Crippen LogP contribution in [0.4, 0.5) is 10.1 Å². The summed E-state index contributed by atoms with van der Waals surface area (Å²) < 4.78 is 12.6. The molecule has 0 saturated heterocycles. The number of hydrogen-bond donors (Lipinski definition) is 1. The first-order valence-electron chi connectivity index (χ1n) is 3.29. The number of benzene rings is 1. The fraction of sp³-hybridized carbons (Fsp3) is 0.125. The van der Waals surface area contributed by atoms with Gasteiger partial charge in [-0.05, 0) is 18.2 Å². The zero-order chi connectivity index (χ0) is 9.14. The van der Waals surface area contributed by atoms with Gasteiger partial charge in [0.25, 0.3) is 0 Å². The van der Waals surface area contributed by atoms with E-state index in [-0.39, 0.29) is 17.4 Å². The van der Waals surface area contributed by atoms with Gasteiger partial charge in [0.1, 0.15) is 5.82 Å². The topological polar surface area (TPSA) is 43.1 Å². The Hall–Kier alpha value is -1.09.